The van der Waals surface area contributed by atoms with E-state index in [0.29, 0.717) is 22.7 Å². The maximum atomic E-state index is 12.1. The molecule has 10 heteroatoms. The number of nitrogens with one attached hydrogen (secondary N) is 1. The average molecular weight is 748 g/mol. The van der Waals surface area contributed by atoms with Crippen molar-refractivity contribution in [3.05, 3.63) is 89.9 Å². The average Bonchev–Trinajstić information content (AvgIpc) is 3.39. The van der Waals surface area contributed by atoms with E-state index in [9.17, 15) is 4.79 Å². The highest BCUT2D eigenvalue weighted by Gasteiger charge is 2.18. The minimum absolute atomic E-state index is 0.109. The fourth-order valence-corrected chi connectivity index (χ4v) is 7.83. The van der Waals surface area contributed by atoms with Gasteiger partial charge in [-0.3, -0.25) is 4.79 Å². The molecule has 0 spiro atoms. The van der Waals surface area contributed by atoms with Crippen molar-refractivity contribution >= 4 is 90.1 Å². The van der Waals surface area contributed by atoms with Crippen LogP contribution in [0.4, 0.5) is 0 Å². The summed E-state index contributed by atoms with van der Waals surface area (Å²) in [5, 5.41) is 4.04. The molecule has 0 atom stereocenters. The molecule has 0 saturated carbocycles. The van der Waals surface area contributed by atoms with Gasteiger partial charge in [0.25, 0.3) is 5.91 Å². The van der Waals surface area contributed by atoms with Gasteiger partial charge in [-0.25, -0.2) is 5.43 Å². The molecular weight excluding hydrogens is 727 g/mol. The third-order valence-electron chi connectivity index (χ3n) is 4.86. The maximum Gasteiger partial charge on any atom is 0.277 e. The van der Waals surface area contributed by atoms with Crippen LogP contribution < -0.4 is 14.9 Å². The van der Waals surface area contributed by atoms with Crippen molar-refractivity contribution in [3.63, 3.8) is 0 Å². The summed E-state index contributed by atoms with van der Waals surface area (Å²) in [5.74, 6) is 3.41. The third-order valence-corrected chi connectivity index (χ3v) is 9.87. The molecule has 1 fully saturated rings. The Morgan fingerprint density at radius 2 is 1.69 bits per heavy atom. The molecule has 4 rings (SSSR count). The molecule has 5 nitrogen and oxygen atoms in total. The smallest absolute Gasteiger partial charge is 0.277 e. The van der Waals surface area contributed by atoms with E-state index >= 15 is 0 Å². The molecule has 3 aromatic rings. The molecule has 1 saturated heterocycles. The number of carbonyl (C=O) groups excluding carboxylic acids is 1. The zero-order chi connectivity index (χ0) is 24.6. The van der Waals surface area contributed by atoms with E-state index in [-0.39, 0.29) is 12.5 Å². The number of nitrogens with zero attached hydrogens (tertiary/aromatic N) is 1. The first-order chi connectivity index (χ1) is 17.0. The minimum atomic E-state index is -0.331. The fourth-order valence-electron chi connectivity index (χ4n) is 3.16. The molecule has 1 amide bonds. The standard InChI is InChI=1S/C25H21Br2IN2O3S2/c26-21-11-17(12-22(27)24(21)33-14-16-1-5-19(28)6-2-16)13-29-30-23(31)15-32-20-7-3-18(4-8-20)25-34-9-10-35-25/h1-8,11-13,25H,9-10,14-15H2,(H,30,31)/b29-13-. The second kappa shape index (κ2) is 13.4. The lowest BCUT2D eigenvalue weighted by atomic mass is 10.2. The van der Waals surface area contributed by atoms with Crippen molar-refractivity contribution in [2.75, 3.05) is 18.1 Å². The molecule has 35 heavy (non-hydrogen) atoms. The lowest BCUT2D eigenvalue weighted by Gasteiger charge is -2.11. The first-order valence-corrected chi connectivity index (χ1v) is 15.4. The summed E-state index contributed by atoms with van der Waals surface area (Å²) < 4.78 is 14.8. The molecule has 1 aliphatic rings. The monoisotopic (exact) mass is 746 g/mol. The van der Waals surface area contributed by atoms with Gasteiger partial charge in [0, 0.05) is 15.1 Å². The van der Waals surface area contributed by atoms with Crippen LogP contribution in [0.5, 0.6) is 11.5 Å². The van der Waals surface area contributed by atoms with Crippen molar-refractivity contribution in [3.8, 4) is 11.5 Å². The van der Waals surface area contributed by atoms with Gasteiger partial charge in [0.1, 0.15) is 18.1 Å². The maximum absolute atomic E-state index is 12.1. The van der Waals surface area contributed by atoms with Crippen LogP contribution in [0.3, 0.4) is 0 Å². The zero-order valence-electron chi connectivity index (χ0n) is 18.4. The molecule has 0 radical (unpaired) electrons. The Bertz CT molecular complexity index is 1170. The summed E-state index contributed by atoms with van der Waals surface area (Å²) in [6.07, 6.45) is 1.57. The number of ether oxygens (including phenoxy) is 2. The summed E-state index contributed by atoms with van der Waals surface area (Å²) in [4.78, 5) is 12.1. The Morgan fingerprint density at radius 3 is 2.34 bits per heavy atom. The Morgan fingerprint density at radius 1 is 1.03 bits per heavy atom. The van der Waals surface area contributed by atoms with Crippen LogP contribution in [0, 0.1) is 3.57 Å². The second-order valence-electron chi connectivity index (χ2n) is 7.45. The van der Waals surface area contributed by atoms with Gasteiger partial charge in [0.05, 0.1) is 19.7 Å². The summed E-state index contributed by atoms with van der Waals surface area (Å²) >= 11 is 13.3. The predicted molar refractivity (Wildman–Crippen MR) is 161 cm³/mol. The van der Waals surface area contributed by atoms with Crippen LogP contribution in [0.2, 0.25) is 0 Å². The van der Waals surface area contributed by atoms with Crippen LogP contribution in [0.1, 0.15) is 21.3 Å². The Balaban J connectivity index is 1.25. The molecule has 1 N–H and O–H groups in total. The van der Waals surface area contributed by atoms with E-state index in [1.165, 1.54) is 20.6 Å². The number of hydrogen-bond donors (Lipinski definition) is 1. The number of hydrazone groups is 1. The van der Waals surface area contributed by atoms with Gasteiger partial charge in [0.2, 0.25) is 0 Å². The number of hydrogen-bond acceptors (Lipinski definition) is 6. The van der Waals surface area contributed by atoms with Gasteiger partial charge < -0.3 is 9.47 Å². The minimum Gasteiger partial charge on any atom is -0.487 e. The first-order valence-electron chi connectivity index (χ1n) is 10.6. The molecule has 182 valence electrons. The summed E-state index contributed by atoms with van der Waals surface area (Å²) in [6, 6.07) is 19.9. The van der Waals surface area contributed by atoms with E-state index in [1.54, 1.807) is 6.21 Å². The van der Waals surface area contributed by atoms with E-state index < -0.39 is 0 Å². The highest BCUT2D eigenvalue weighted by molar-refractivity contribution is 14.1. The van der Waals surface area contributed by atoms with Gasteiger partial charge in [-0.2, -0.15) is 5.10 Å². The van der Waals surface area contributed by atoms with Gasteiger partial charge in [0.15, 0.2) is 6.61 Å². The zero-order valence-corrected chi connectivity index (χ0v) is 25.3. The Labute approximate surface area is 243 Å². The number of rotatable bonds is 9. The largest absolute Gasteiger partial charge is 0.487 e. The van der Waals surface area contributed by atoms with E-state index in [1.807, 2.05) is 72.1 Å². The van der Waals surface area contributed by atoms with E-state index in [2.05, 4.69) is 77.1 Å². The van der Waals surface area contributed by atoms with Crippen molar-refractivity contribution < 1.29 is 14.3 Å². The lowest BCUT2D eigenvalue weighted by molar-refractivity contribution is -0.123. The van der Waals surface area contributed by atoms with Crippen LogP contribution in [0.15, 0.2) is 74.7 Å². The normalized spacial score (nSPS) is 13.8. The predicted octanol–water partition coefficient (Wildman–Crippen LogP) is 7.40. The second-order valence-corrected chi connectivity index (χ2v) is 13.1. The molecule has 0 aromatic heterocycles. The molecule has 0 unspecified atom stereocenters. The highest BCUT2D eigenvalue weighted by Crippen LogP contribution is 2.45. The number of benzene rings is 3. The number of carbonyl (C=O) groups is 1. The SMILES string of the molecule is O=C(COc1ccc(C2SCCS2)cc1)N/N=C\c1cc(Br)c(OCc2ccc(I)cc2)c(Br)c1. The highest BCUT2D eigenvalue weighted by atomic mass is 127. The summed E-state index contributed by atoms with van der Waals surface area (Å²) in [5.41, 5.74) is 5.66. The van der Waals surface area contributed by atoms with Crippen LogP contribution in [0.25, 0.3) is 0 Å². The van der Waals surface area contributed by atoms with Gasteiger partial charge in [-0.1, -0.05) is 24.3 Å². The van der Waals surface area contributed by atoms with Crippen LogP contribution in [-0.4, -0.2) is 30.2 Å². The summed E-state index contributed by atoms with van der Waals surface area (Å²) in [7, 11) is 0. The molecule has 0 aliphatic carbocycles. The van der Waals surface area contributed by atoms with Crippen LogP contribution in [-0.2, 0) is 11.4 Å². The van der Waals surface area contributed by atoms with Crippen molar-refractivity contribution in [1.82, 2.24) is 5.43 Å². The quantitative estimate of drug-likeness (QED) is 0.141. The van der Waals surface area contributed by atoms with E-state index in [4.69, 9.17) is 9.47 Å². The third kappa shape index (κ3) is 8.14. The van der Waals surface area contributed by atoms with Gasteiger partial charge in [-0.05, 0) is 108 Å². The number of halogens is 3. The van der Waals surface area contributed by atoms with Crippen LogP contribution >= 0.6 is 78.0 Å². The molecule has 3 aromatic carbocycles. The van der Waals surface area contributed by atoms with E-state index in [0.717, 1.165) is 20.1 Å². The molecule has 0 bridgehead atoms. The number of amides is 1. The molecule has 1 heterocycles. The molecule has 1 aliphatic heterocycles. The fraction of sp³-hybridized carbons (Fsp3) is 0.200. The van der Waals surface area contributed by atoms with Gasteiger partial charge >= 0.3 is 0 Å². The topological polar surface area (TPSA) is 59.9 Å². The van der Waals surface area contributed by atoms with Crippen molar-refractivity contribution in [1.29, 1.82) is 0 Å². The number of thioether (sulfide) groups is 2. The van der Waals surface area contributed by atoms with Gasteiger partial charge in [-0.15, -0.1) is 23.5 Å². The lowest BCUT2D eigenvalue weighted by Crippen LogP contribution is -2.24. The summed E-state index contributed by atoms with van der Waals surface area (Å²) in [6.45, 7) is 0.348. The van der Waals surface area contributed by atoms with Crippen molar-refractivity contribution in [2.24, 2.45) is 5.10 Å². The Hall–Kier alpha value is -1.21. The first kappa shape index (κ1) is 26.8. The molecular formula is C25H21Br2IN2O3S2. The Kier molecular flexibility index (Phi) is 10.3. The van der Waals surface area contributed by atoms with Crippen molar-refractivity contribution in [2.45, 2.75) is 11.2 Å².